The van der Waals surface area contributed by atoms with Crippen molar-refractivity contribution in [3.63, 3.8) is 0 Å². The van der Waals surface area contributed by atoms with Gasteiger partial charge >= 0.3 is 0 Å². The van der Waals surface area contributed by atoms with Gasteiger partial charge in [0.25, 0.3) is 5.69 Å². The molecule has 1 aliphatic rings. The first-order chi connectivity index (χ1) is 13.9. The van der Waals surface area contributed by atoms with Crippen molar-refractivity contribution in [2.24, 2.45) is 0 Å². The van der Waals surface area contributed by atoms with E-state index in [1.54, 1.807) is 12.1 Å². The molecule has 1 aromatic carbocycles. The number of rotatable bonds is 12. The Bertz CT molecular complexity index is 671. The van der Waals surface area contributed by atoms with Crippen LogP contribution in [0.4, 0.5) is 5.69 Å². The fourth-order valence-electron chi connectivity index (χ4n) is 3.75. The number of aliphatic hydroxyl groups is 1. The van der Waals surface area contributed by atoms with Crippen molar-refractivity contribution < 1.29 is 10.0 Å². The first kappa shape index (κ1) is 23.5. The first-order valence-corrected chi connectivity index (χ1v) is 10.5. The molecule has 1 aromatic rings. The van der Waals surface area contributed by atoms with Crippen LogP contribution in [0.15, 0.2) is 24.3 Å². The molecule has 2 N–H and O–H groups in total. The zero-order valence-corrected chi connectivity index (χ0v) is 18.4. The Morgan fingerprint density at radius 3 is 2.62 bits per heavy atom. The molecule has 0 bridgehead atoms. The minimum absolute atomic E-state index is 0.0197. The summed E-state index contributed by atoms with van der Waals surface area (Å²) in [5, 5.41) is 24.8. The van der Waals surface area contributed by atoms with Crippen LogP contribution in [0.2, 0.25) is 0 Å². The van der Waals surface area contributed by atoms with Crippen LogP contribution in [0.1, 0.15) is 18.4 Å². The lowest BCUT2D eigenvalue weighted by Crippen LogP contribution is -2.44. The highest BCUT2D eigenvalue weighted by atomic mass is 32.1. The third-order valence-corrected chi connectivity index (χ3v) is 5.83. The highest BCUT2D eigenvalue weighted by Crippen LogP contribution is 2.22. The van der Waals surface area contributed by atoms with E-state index in [0.29, 0.717) is 12.6 Å². The fourth-order valence-corrected chi connectivity index (χ4v) is 4.21. The summed E-state index contributed by atoms with van der Waals surface area (Å²) in [4.78, 5) is 17.0. The van der Waals surface area contributed by atoms with Crippen LogP contribution in [0.5, 0.6) is 0 Å². The summed E-state index contributed by atoms with van der Waals surface area (Å²) < 4.78 is 0. The largest absolute Gasteiger partial charge is 0.394 e. The van der Waals surface area contributed by atoms with Gasteiger partial charge in [0.15, 0.2) is 5.11 Å². The standard InChI is InChI=1S/C20H33N5O3S/c1-21-13-18(5-4-11-22(2)3)24-14-19(15-26)23(20(24)29)12-10-16-6-8-17(9-7-16)25(27)28/h6-9,18-19,21,26H,4-5,10-15H2,1-3H3/t18-,19+/m1/s1. The van der Waals surface area contributed by atoms with E-state index in [1.165, 1.54) is 12.1 Å². The highest BCUT2D eigenvalue weighted by molar-refractivity contribution is 7.80. The molecule has 0 aliphatic carbocycles. The number of thiocarbonyl (C=S) groups is 1. The Morgan fingerprint density at radius 1 is 1.38 bits per heavy atom. The van der Waals surface area contributed by atoms with Crippen LogP contribution in [-0.2, 0) is 6.42 Å². The lowest BCUT2D eigenvalue weighted by Gasteiger charge is -2.30. The number of hydrogen-bond acceptors (Lipinski definition) is 6. The van der Waals surface area contributed by atoms with Crippen LogP contribution in [-0.4, -0.2) is 95.9 Å². The average molecular weight is 424 g/mol. The minimum Gasteiger partial charge on any atom is -0.394 e. The predicted molar refractivity (Wildman–Crippen MR) is 119 cm³/mol. The van der Waals surface area contributed by atoms with E-state index < -0.39 is 4.92 Å². The molecule has 0 radical (unpaired) electrons. The van der Waals surface area contributed by atoms with Gasteiger partial charge in [-0.15, -0.1) is 0 Å². The zero-order valence-electron chi connectivity index (χ0n) is 17.6. The summed E-state index contributed by atoms with van der Waals surface area (Å²) >= 11 is 5.78. The van der Waals surface area contributed by atoms with E-state index >= 15 is 0 Å². The van der Waals surface area contributed by atoms with Gasteiger partial charge in [0.05, 0.1) is 17.6 Å². The lowest BCUT2D eigenvalue weighted by molar-refractivity contribution is -0.384. The van der Waals surface area contributed by atoms with Crippen molar-refractivity contribution in [2.75, 3.05) is 53.9 Å². The lowest BCUT2D eigenvalue weighted by atomic mass is 10.1. The molecular formula is C20H33N5O3S. The summed E-state index contributed by atoms with van der Waals surface area (Å²) in [7, 11) is 6.11. The van der Waals surface area contributed by atoms with Crippen LogP contribution in [0, 0.1) is 10.1 Å². The number of aliphatic hydroxyl groups excluding tert-OH is 1. The van der Waals surface area contributed by atoms with E-state index in [1.807, 2.05) is 7.05 Å². The molecule has 0 unspecified atom stereocenters. The number of benzene rings is 1. The molecule has 0 saturated carbocycles. The maximum Gasteiger partial charge on any atom is 0.269 e. The third kappa shape index (κ3) is 6.60. The molecule has 29 heavy (non-hydrogen) atoms. The normalized spacial score (nSPS) is 18.0. The number of nitro groups is 1. The number of likely N-dealkylation sites (N-methyl/N-ethyl adjacent to an activating group) is 1. The molecule has 1 fully saturated rings. The van der Waals surface area contributed by atoms with Crippen LogP contribution < -0.4 is 5.32 Å². The Morgan fingerprint density at radius 2 is 2.07 bits per heavy atom. The minimum atomic E-state index is -0.392. The molecule has 2 atom stereocenters. The number of nitrogens with zero attached hydrogens (tertiary/aromatic N) is 4. The topological polar surface area (TPSA) is 85.1 Å². The van der Waals surface area contributed by atoms with Crippen molar-refractivity contribution in [3.8, 4) is 0 Å². The van der Waals surface area contributed by atoms with Gasteiger partial charge in [-0.3, -0.25) is 10.1 Å². The number of nitrogens with one attached hydrogen (secondary N) is 1. The van der Waals surface area contributed by atoms with Gasteiger partial charge in [0, 0.05) is 37.8 Å². The average Bonchev–Trinajstić information content (AvgIpc) is 3.01. The van der Waals surface area contributed by atoms with Gasteiger partial charge < -0.3 is 25.1 Å². The Labute approximate surface area is 178 Å². The maximum atomic E-state index is 10.8. The molecule has 0 aromatic heterocycles. The molecule has 1 saturated heterocycles. The predicted octanol–water partition coefficient (Wildman–Crippen LogP) is 1.33. The van der Waals surface area contributed by atoms with E-state index in [9.17, 15) is 15.2 Å². The SMILES string of the molecule is CNC[C@@H](CCCN(C)C)N1C[C@@H](CO)N(CCc2ccc([N+](=O)[O-])cc2)C1=S. The summed E-state index contributed by atoms with van der Waals surface area (Å²) in [5.74, 6) is 0. The van der Waals surface area contributed by atoms with Crippen LogP contribution in [0.3, 0.4) is 0 Å². The second-order valence-corrected chi connectivity index (χ2v) is 8.16. The smallest absolute Gasteiger partial charge is 0.269 e. The van der Waals surface area contributed by atoms with E-state index in [-0.39, 0.29) is 18.3 Å². The third-order valence-electron chi connectivity index (χ3n) is 5.36. The summed E-state index contributed by atoms with van der Waals surface area (Å²) in [5.41, 5.74) is 1.11. The summed E-state index contributed by atoms with van der Waals surface area (Å²) in [6.07, 6.45) is 2.85. The first-order valence-electron chi connectivity index (χ1n) is 10.1. The molecule has 162 valence electrons. The second kappa shape index (κ2) is 11.4. The van der Waals surface area contributed by atoms with Crippen molar-refractivity contribution >= 4 is 23.0 Å². The van der Waals surface area contributed by atoms with Gasteiger partial charge in [0.1, 0.15) is 0 Å². The summed E-state index contributed by atoms with van der Waals surface area (Å²) in [6, 6.07) is 6.91. The summed E-state index contributed by atoms with van der Waals surface area (Å²) in [6.45, 7) is 3.35. The molecule has 0 amide bonds. The van der Waals surface area contributed by atoms with Gasteiger partial charge in [-0.25, -0.2) is 0 Å². The number of non-ortho nitro benzene ring substituents is 1. The molecular weight excluding hydrogens is 390 g/mol. The molecule has 1 heterocycles. The van der Waals surface area contributed by atoms with Crippen LogP contribution in [0.25, 0.3) is 0 Å². The molecule has 8 nitrogen and oxygen atoms in total. The number of hydrogen-bond donors (Lipinski definition) is 2. The monoisotopic (exact) mass is 423 g/mol. The van der Waals surface area contributed by atoms with Crippen molar-refractivity contribution in [3.05, 3.63) is 39.9 Å². The zero-order chi connectivity index (χ0) is 21.4. The Kier molecular flexibility index (Phi) is 9.22. The highest BCUT2D eigenvalue weighted by Gasteiger charge is 2.36. The van der Waals surface area contributed by atoms with Gasteiger partial charge in [-0.05, 0) is 64.7 Å². The van der Waals surface area contributed by atoms with Crippen molar-refractivity contribution in [1.82, 2.24) is 20.0 Å². The molecule has 1 aliphatic heterocycles. The molecule has 2 rings (SSSR count). The van der Waals surface area contributed by atoms with Crippen molar-refractivity contribution in [1.29, 1.82) is 0 Å². The van der Waals surface area contributed by atoms with Crippen LogP contribution >= 0.6 is 12.2 Å². The van der Waals surface area contributed by atoms with Gasteiger partial charge in [-0.1, -0.05) is 12.1 Å². The van der Waals surface area contributed by atoms with E-state index in [0.717, 1.165) is 49.6 Å². The van der Waals surface area contributed by atoms with Crippen molar-refractivity contribution in [2.45, 2.75) is 31.3 Å². The molecule has 9 heteroatoms. The van der Waals surface area contributed by atoms with Gasteiger partial charge in [-0.2, -0.15) is 0 Å². The quantitative estimate of drug-likeness (QED) is 0.296. The Hall–Kier alpha value is -1.81. The Balaban J connectivity index is 2.00. The second-order valence-electron chi connectivity index (χ2n) is 7.80. The van der Waals surface area contributed by atoms with Gasteiger partial charge in [0.2, 0.25) is 0 Å². The number of nitro benzene ring substituents is 1. The van der Waals surface area contributed by atoms with E-state index in [2.05, 4.69) is 34.1 Å². The molecule has 0 spiro atoms. The van der Waals surface area contributed by atoms with E-state index in [4.69, 9.17) is 12.2 Å². The fraction of sp³-hybridized carbons (Fsp3) is 0.650. The maximum absolute atomic E-state index is 10.8.